The maximum absolute atomic E-state index is 6.02. The second kappa shape index (κ2) is 5.52. The highest BCUT2D eigenvalue weighted by Crippen LogP contribution is 2.35. The third kappa shape index (κ3) is 2.66. The predicted octanol–water partition coefficient (Wildman–Crippen LogP) is 2.43. The van der Waals surface area contributed by atoms with E-state index in [4.69, 9.17) is 10.5 Å². The van der Waals surface area contributed by atoms with Gasteiger partial charge in [0.05, 0.1) is 17.9 Å². The third-order valence-corrected chi connectivity index (χ3v) is 2.94. The molecule has 0 unspecified atom stereocenters. The van der Waals surface area contributed by atoms with Crippen LogP contribution in [0.15, 0.2) is 53.5 Å². The van der Waals surface area contributed by atoms with Gasteiger partial charge in [0, 0.05) is 6.54 Å². The molecule has 1 aliphatic rings. The Morgan fingerprint density at radius 2 is 1.95 bits per heavy atom. The van der Waals surface area contributed by atoms with Gasteiger partial charge in [0.1, 0.15) is 5.75 Å². The molecular weight excluding hydrogens is 252 g/mol. The monoisotopic (exact) mass is 268 g/mol. The summed E-state index contributed by atoms with van der Waals surface area (Å²) < 4.78 is 5.88. The lowest BCUT2D eigenvalue weighted by atomic mass is 10.2. The van der Waals surface area contributed by atoms with Crippen LogP contribution < -0.4 is 21.1 Å². The zero-order valence-corrected chi connectivity index (χ0v) is 11.0. The van der Waals surface area contributed by atoms with Crippen LogP contribution in [0.5, 0.6) is 11.5 Å². The van der Waals surface area contributed by atoms with Crippen molar-refractivity contribution in [3.05, 3.63) is 48.5 Å². The van der Waals surface area contributed by atoms with Crippen molar-refractivity contribution in [2.75, 3.05) is 24.1 Å². The number of nitrogens with two attached hydrogens (primary N) is 1. The predicted molar refractivity (Wildman–Crippen MR) is 81.3 cm³/mol. The molecule has 0 bridgehead atoms. The van der Waals surface area contributed by atoms with Gasteiger partial charge in [-0.25, -0.2) is 0 Å². The fraction of sp³-hybridized carbons (Fsp3) is 0.133. The van der Waals surface area contributed by atoms with E-state index in [2.05, 4.69) is 15.6 Å². The van der Waals surface area contributed by atoms with Gasteiger partial charge >= 0.3 is 0 Å². The minimum absolute atomic E-state index is 0.581. The average molecular weight is 268 g/mol. The largest absolute Gasteiger partial charge is 0.453 e. The number of aliphatic imine (C=N–C) groups is 1. The number of nitrogens with one attached hydrogen (secondary N) is 2. The Morgan fingerprint density at radius 1 is 1.10 bits per heavy atom. The molecule has 2 aromatic carbocycles. The Labute approximate surface area is 117 Å². The highest BCUT2D eigenvalue weighted by molar-refractivity contribution is 5.96. The molecule has 102 valence electrons. The summed E-state index contributed by atoms with van der Waals surface area (Å²) in [5.41, 5.74) is 7.39. The summed E-state index contributed by atoms with van der Waals surface area (Å²) in [6.07, 6.45) is 0. The molecule has 0 saturated heterocycles. The summed E-state index contributed by atoms with van der Waals surface area (Å²) in [5, 5.41) is 6.36. The van der Waals surface area contributed by atoms with Gasteiger partial charge in [-0.1, -0.05) is 24.3 Å². The van der Waals surface area contributed by atoms with Gasteiger partial charge in [0.25, 0.3) is 0 Å². The topological polar surface area (TPSA) is 71.7 Å². The highest BCUT2D eigenvalue weighted by Gasteiger charge is 2.12. The molecule has 1 heterocycles. The number of hydrogen-bond donors (Lipinski definition) is 3. The van der Waals surface area contributed by atoms with Gasteiger partial charge in [-0.15, -0.1) is 0 Å². The van der Waals surface area contributed by atoms with Crippen molar-refractivity contribution in [3.8, 4) is 11.5 Å². The first-order chi connectivity index (χ1) is 9.83. The van der Waals surface area contributed by atoms with Crippen molar-refractivity contribution in [1.82, 2.24) is 5.32 Å². The number of nitrogen functional groups attached to an aromatic ring is 1. The number of rotatable bonds is 3. The molecule has 5 nitrogen and oxygen atoms in total. The lowest BCUT2D eigenvalue weighted by Gasteiger charge is -2.15. The second-order valence-corrected chi connectivity index (χ2v) is 4.42. The van der Waals surface area contributed by atoms with Crippen molar-refractivity contribution >= 4 is 17.3 Å². The highest BCUT2D eigenvalue weighted by atomic mass is 16.5. The standard InChI is InChI=1S/C15H16N4O/c16-12-7-4-8-13(19-15-17-9-10-18-15)14(12)20-11-5-2-1-3-6-11/h1-8H,9-10,16H2,(H2,17,18,19). The Morgan fingerprint density at radius 3 is 2.70 bits per heavy atom. The first-order valence-corrected chi connectivity index (χ1v) is 6.50. The van der Waals surface area contributed by atoms with Crippen LogP contribution in [-0.2, 0) is 0 Å². The van der Waals surface area contributed by atoms with E-state index in [1.807, 2.05) is 48.5 Å². The van der Waals surface area contributed by atoms with E-state index < -0.39 is 0 Å². The number of hydrogen-bond acceptors (Lipinski definition) is 5. The van der Waals surface area contributed by atoms with E-state index in [1.54, 1.807) is 0 Å². The normalized spacial score (nSPS) is 13.5. The van der Waals surface area contributed by atoms with Gasteiger partial charge in [0.2, 0.25) is 0 Å². The third-order valence-electron chi connectivity index (χ3n) is 2.94. The number of benzene rings is 2. The minimum atomic E-state index is 0.581. The summed E-state index contributed by atoms with van der Waals surface area (Å²) >= 11 is 0. The molecule has 3 rings (SSSR count). The zero-order valence-electron chi connectivity index (χ0n) is 11.0. The Hall–Kier alpha value is -2.69. The quantitative estimate of drug-likeness (QED) is 0.748. The van der Waals surface area contributed by atoms with E-state index in [0.29, 0.717) is 11.4 Å². The minimum Gasteiger partial charge on any atom is -0.453 e. The molecule has 0 amide bonds. The number of anilines is 2. The fourth-order valence-electron chi connectivity index (χ4n) is 1.98. The van der Waals surface area contributed by atoms with Gasteiger partial charge in [-0.05, 0) is 24.3 Å². The molecule has 0 aliphatic carbocycles. The molecule has 0 spiro atoms. The maximum Gasteiger partial charge on any atom is 0.196 e. The first kappa shape index (κ1) is 12.3. The molecule has 2 aromatic rings. The second-order valence-electron chi connectivity index (χ2n) is 4.42. The number of nitrogens with zero attached hydrogens (tertiary/aromatic N) is 1. The maximum atomic E-state index is 6.02. The summed E-state index contributed by atoms with van der Waals surface area (Å²) in [4.78, 5) is 4.31. The lowest BCUT2D eigenvalue weighted by Crippen LogP contribution is -2.26. The molecular formula is C15H16N4O. The van der Waals surface area contributed by atoms with E-state index in [1.165, 1.54) is 0 Å². The summed E-state index contributed by atoms with van der Waals surface area (Å²) in [6.45, 7) is 1.62. The van der Waals surface area contributed by atoms with Gasteiger partial charge in [0.15, 0.2) is 11.7 Å². The van der Waals surface area contributed by atoms with E-state index >= 15 is 0 Å². The van der Waals surface area contributed by atoms with Crippen molar-refractivity contribution in [2.45, 2.75) is 0 Å². The van der Waals surface area contributed by atoms with Gasteiger partial charge in [-0.2, -0.15) is 0 Å². The van der Waals surface area contributed by atoms with Crippen LogP contribution in [0.4, 0.5) is 11.4 Å². The Kier molecular flexibility index (Phi) is 3.41. The van der Waals surface area contributed by atoms with Crippen LogP contribution in [0, 0.1) is 0 Å². The number of para-hydroxylation sites is 2. The zero-order chi connectivity index (χ0) is 13.8. The molecule has 0 aromatic heterocycles. The lowest BCUT2D eigenvalue weighted by molar-refractivity contribution is 0.487. The van der Waals surface area contributed by atoms with Crippen LogP contribution in [0.3, 0.4) is 0 Å². The Balaban J connectivity index is 1.88. The van der Waals surface area contributed by atoms with E-state index in [0.717, 1.165) is 30.5 Å². The molecule has 0 saturated carbocycles. The van der Waals surface area contributed by atoms with E-state index in [-0.39, 0.29) is 0 Å². The molecule has 0 fully saturated rings. The van der Waals surface area contributed by atoms with Crippen LogP contribution in [0.2, 0.25) is 0 Å². The molecule has 5 heteroatoms. The molecule has 0 atom stereocenters. The van der Waals surface area contributed by atoms with Crippen LogP contribution in [0.1, 0.15) is 0 Å². The number of ether oxygens (including phenoxy) is 1. The van der Waals surface area contributed by atoms with Crippen molar-refractivity contribution in [1.29, 1.82) is 0 Å². The molecule has 0 radical (unpaired) electrons. The Bertz CT molecular complexity index is 625. The molecule has 4 N–H and O–H groups in total. The van der Waals surface area contributed by atoms with Gasteiger partial charge in [-0.3, -0.25) is 4.99 Å². The first-order valence-electron chi connectivity index (χ1n) is 6.50. The van der Waals surface area contributed by atoms with Crippen molar-refractivity contribution < 1.29 is 4.74 Å². The fourth-order valence-corrected chi connectivity index (χ4v) is 1.98. The van der Waals surface area contributed by atoms with Crippen molar-refractivity contribution in [2.24, 2.45) is 4.99 Å². The summed E-state index contributed by atoms with van der Waals surface area (Å²) in [6, 6.07) is 15.2. The smallest absolute Gasteiger partial charge is 0.196 e. The van der Waals surface area contributed by atoms with Crippen molar-refractivity contribution in [3.63, 3.8) is 0 Å². The molecule has 1 aliphatic heterocycles. The summed E-state index contributed by atoms with van der Waals surface area (Å²) in [5.74, 6) is 2.10. The van der Waals surface area contributed by atoms with Crippen LogP contribution >= 0.6 is 0 Å². The van der Waals surface area contributed by atoms with Crippen LogP contribution in [-0.4, -0.2) is 19.0 Å². The summed E-state index contributed by atoms with van der Waals surface area (Å²) in [7, 11) is 0. The molecule has 20 heavy (non-hydrogen) atoms. The average Bonchev–Trinajstić information content (AvgIpc) is 2.97. The SMILES string of the molecule is Nc1cccc(NC2=NCCN2)c1Oc1ccccc1. The number of guanidine groups is 1. The van der Waals surface area contributed by atoms with E-state index in [9.17, 15) is 0 Å². The van der Waals surface area contributed by atoms with Gasteiger partial charge < -0.3 is 21.1 Å². The van der Waals surface area contributed by atoms with Crippen LogP contribution in [0.25, 0.3) is 0 Å².